The Bertz CT molecular complexity index is 1110. The Labute approximate surface area is 174 Å². The molecular weight excluding hydrogens is 395 g/mol. The summed E-state index contributed by atoms with van der Waals surface area (Å²) >= 11 is 0. The molecule has 4 aromatic rings. The molecule has 148 valence electrons. The molecule has 0 bridgehead atoms. The number of hydrogen-bond donors (Lipinski definition) is 0. The first-order valence-corrected chi connectivity index (χ1v) is 11.1. The summed E-state index contributed by atoms with van der Waals surface area (Å²) in [5, 5.41) is 14.2. The van der Waals surface area contributed by atoms with Gasteiger partial charge in [-0.2, -0.15) is 0 Å². The van der Waals surface area contributed by atoms with E-state index in [9.17, 15) is 10.1 Å². The zero-order valence-electron chi connectivity index (χ0n) is 16.0. The van der Waals surface area contributed by atoms with Crippen LogP contribution in [0.1, 0.15) is 5.76 Å². The lowest BCUT2D eigenvalue weighted by Gasteiger charge is -2.26. The molecule has 1 heterocycles. The lowest BCUT2D eigenvalue weighted by molar-refractivity contribution is -0.402. The van der Waals surface area contributed by atoms with E-state index in [1.54, 1.807) is 18.3 Å². The Balaban J connectivity index is 1.93. The van der Waals surface area contributed by atoms with Crippen molar-refractivity contribution in [1.82, 2.24) is 0 Å². The van der Waals surface area contributed by atoms with Gasteiger partial charge in [0.25, 0.3) is 0 Å². The number of furan rings is 1. The van der Waals surface area contributed by atoms with Crippen molar-refractivity contribution in [3.05, 3.63) is 125 Å². The fourth-order valence-corrected chi connectivity index (χ4v) is 6.69. The van der Waals surface area contributed by atoms with Gasteiger partial charge >= 0.3 is 5.88 Å². The van der Waals surface area contributed by atoms with Crippen molar-refractivity contribution in [2.45, 2.75) is 0 Å². The highest BCUT2D eigenvalue weighted by Gasteiger charge is 2.26. The van der Waals surface area contributed by atoms with Gasteiger partial charge in [-0.15, -0.1) is 0 Å². The first kappa shape index (κ1) is 19.6. The molecule has 3 aromatic carbocycles. The van der Waals surface area contributed by atoms with E-state index in [0.29, 0.717) is 5.76 Å². The predicted molar refractivity (Wildman–Crippen MR) is 122 cm³/mol. The number of rotatable bonds is 6. The number of benzene rings is 3. The van der Waals surface area contributed by atoms with Crippen molar-refractivity contribution < 1.29 is 9.34 Å². The van der Waals surface area contributed by atoms with E-state index in [2.05, 4.69) is 36.4 Å². The van der Waals surface area contributed by atoms with Gasteiger partial charge < -0.3 is 4.42 Å². The molecule has 0 aliphatic carbocycles. The summed E-state index contributed by atoms with van der Waals surface area (Å²) in [5.74, 6) is 0.0997. The van der Waals surface area contributed by atoms with Crippen LogP contribution in [0.15, 0.2) is 118 Å². The summed E-state index contributed by atoms with van der Waals surface area (Å²) in [6.07, 6.45) is 3.36. The van der Waals surface area contributed by atoms with Gasteiger partial charge in [0.15, 0.2) is 0 Å². The molecule has 0 unspecified atom stereocenters. The second-order valence-electron chi connectivity index (χ2n) is 6.51. The van der Waals surface area contributed by atoms with E-state index < -0.39 is 12.0 Å². The Kier molecular flexibility index (Phi) is 5.73. The lowest BCUT2D eigenvalue weighted by Crippen LogP contribution is -2.25. The molecule has 4 rings (SSSR count). The molecule has 0 atom stereocenters. The largest absolute Gasteiger partial charge is 0.433 e. The van der Waals surface area contributed by atoms with Gasteiger partial charge in [-0.3, -0.25) is 14.9 Å². The van der Waals surface area contributed by atoms with Gasteiger partial charge in [-0.25, -0.2) is 0 Å². The van der Waals surface area contributed by atoms with E-state index in [1.165, 1.54) is 6.07 Å². The molecule has 30 heavy (non-hydrogen) atoms. The highest BCUT2D eigenvalue weighted by Crippen LogP contribution is 2.46. The molecule has 0 N–H and O–H groups in total. The summed E-state index contributed by atoms with van der Waals surface area (Å²) in [6.45, 7) is 0. The number of nitro groups is 1. The van der Waals surface area contributed by atoms with Crippen molar-refractivity contribution >= 4 is 34.9 Å². The average molecular weight is 414 g/mol. The smallest absolute Gasteiger partial charge is 0.401 e. The summed E-state index contributed by atoms with van der Waals surface area (Å²) in [7, 11) is -2.34. The standard InChI is InChI=1S/C24H19N2O3P/c27-26(28)24-17-16-20(29-24)18-19-25-30(21-10-4-1-5-11-21,22-12-6-2-7-13-22)23-14-8-3-9-15-23/h1-19H. The van der Waals surface area contributed by atoms with Crippen LogP contribution >= 0.6 is 7.05 Å². The minimum atomic E-state index is -2.34. The molecule has 0 saturated heterocycles. The van der Waals surface area contributed by atoms with E-state index in [0.717, 1.165) is 15.9 Å². The van der Waals surface area contributed by atoms with Crippen LogP contribution in [0.4, 0.5) is 5.88 Å². The highest BCUT2D eigenvalue weighted by molar-refractivity contribution is 7.87. The van der Waals surface area contributed by atoms with Crippen molar-refractivity contribution in [3.63, 3.8) is 0 Å². The predicted octanol–water partition coefficient (Wildman–Crippen LogP) is 5.34. The van der Waals surface area contributed by atoms with Gasteiger partial charge in [-0.05, 0) is 12.1 Å². The molecular formula is C24H19N2O3P. The van der Waals surface area contributed by atoms with Crippen LogP contribution in [-0.4, -0.2) is 4.92 Å². The second-order valence-corrected chi connectivity index (χ2v) is 9.56. The van der Waals surface area contributed by atoms with E-state index in [-0.39, 0.29) is 5.88 Å². The highest BCUT2D eigenvalue weighted by atomic mass is 31.2. The zero-order valence-corrected chi connectivity index (χ0v) is 16.9. The lowest BCUT2D eigenvalue weighted by atomic mass is 10.4. The molecule has 0 radical (unpaired) electrons. The Morgan fingerprint density at radius 3 is 1.60 bits per heavy atom. The molecule has 0 fully saturated rings. The SMILES string of the molecule is O=[N+]([O-])c1ccc(C=CN=P(c2ccccc2)(c2ccccc2)c2ccccc2)o1. The summed E-state index contributed by atoms with van der Waals surface area (Å²) in [4.78, 5) is 10.3. The van der Waals surface area contributed by atoms with Crippen LogP contribution < -0.4 is 15.9 Å². The maximum Gasteiger partial charge on any atom is 0.433 e. The summed E-state index contributed by atoms with van der Waals surface area (Å²) < 4.78 is 10.4. The Morgan fingerprint density at radius 1 is 0.733 bits per heavy atom. The molecule has 0 saturated carbocycles. The fourth-order valence-electron chi connectivity index (χ4n) is 3.32. The van der Waals surface area contributed by atoms with Crippen molar-refractivity contribution in [2.75, 3.05) is 0 Å². The van der Waals surface area contributed by atoms with Crippen LogP contribution in [0.2, 0.25) is 0 Å². The van der Waals surface area contributed by atoms with E-state index in [1.807, 2.05) is 54.6 Å². The Morgan fingerprint density at radius 2 is 1.20 bits per heavy atom. The first-order valence-electron chi connectivity index (χ1n) is 9.39. The van der Waals surface area contributed by atoms with Crippen molar-refractivity contribution in [2.24, 2.45) is 4.74 Å². The number of nitrogens with zero attached hydrogens (tertiary/aromatic N) is 2. The fraction of sp³-hybridized carbons (Fsp3) is 0. The minimum absolute atomic E-state index is 0.287. The maximum atomic E-state index is 10.9. The van der Waals surface area contributed by atoms with Crippen LogP contribution in [0.25, 0.3) is 6.08 Å². The monoisotopic (exact) mass is 414 g/mol. The zero-order chi connectivity index (χ0) is 20.8. The molecule has 0 aliphatic heterocycles. The van der Waals surface area contributed by atoms with Crippen molar-refractivity contribution in [3.8, 4) is 0 Å². The van der Waals surface area contributed by atoms with Crippen LogP contribution in [-0.2, 0) is 0 Å². The third-order valence-electron chi connectivity index (χ3n) is 4.66. The third kappa shape index (κ3) is 3.88. The second kappa shape index (κ2) is 8.76. The topological polar surface area (TPSA) is 68.6 Å². The quantitative estimate of drug-likeness (QED) is 0.243. The van der Waals surface area contributed by atoms with E-state index >= 15 is 0 Å². The van der Waals surface area contributed by atoms with Gasteiger partial charge in [0.05, 0.1) is 13.1 Å². The van der Waals surface area contributed by atoms with Gasteiger partial charge in [-0.1, -0.05) is 91.0 Å². The molecule has 0 amide bonds. The molecule has 5 nitrogen and oxygen atoms in total. The third-order valence-corrected chi connectivity index (χ3v) is 8.28. The minimum Gasteiger partial charge on any atom is -0.401 e. The van der Waals surface area contributed by atoms with E-state index in [4.69, 9.17) is 9.16 Å². The normalized spacial score (nSPS) is 11.5. The molecule has 1 aromatic heterocycles. The van der Waals surface area contributed by atoms with Gasteiger partial charge in [0.2, 0.25) is 0 Å². The molecule has 0 aliphatic rings. The maximum absolute atomic E-state index is 10.9. The van der Waals surface area contributed by atoms with Crippen molar-refractivity contribution in [1.29, 1.82) is 0 Å². The van der Waals surface area contributed by atoms with Gasteiger partial charge in [0.1, 0.15) is 10.7 Å². The van der Waals surface area contributed by atoms with Crippen LogP contribution in [0, 0.1) is 10.1 Å². The summed E-state index contributed by atoms with van der Waals surface area (Å²) in [5.41, 5.74) is 0. The first-order chi connectivity index (χ1) is 14.7. The number of hydrogen-bond acceptors (Lipinski definition) is 4. The van der Waals surface area contributed by atoms with Crippen LogP contribution in [0.5, 0.6) is 0 Å². The average Bonchev–Trinajstić information content (AvgIpc) is 3.28. The summed E-state index contributed by atoms with van der Waals surface area (Å²) in [6, 6.07) is 33.6. The molecule has 6 heteroatoms. The van der Waals surface area contributed by atoms with Gasteiger partial charge in [0, 0.05) is 22.1 Å². The van der Waals surface area contributed by atoms with Crippen LogP contribution in [0.3, 0.4) is 0 Å². The molecule has 0 spiro atoms. The Hall–Kier alpha value is -3.69.